The number of hydrogen-bond donors (Lipinski definition) is 3. The Kier molecular flexibility index (Phi) is 4.02. The molecule has 1 heterocycles. The van der Waals surface area contributed by atoms with Crippen molar-refractivity contribution in [2.24, 2.45) is 0 Å². The summed E-state index contributed by atoms with van der Waals surface area (Å²) >= 11 is 0. The van der Waals surface area contributed by atoms with Crippen LogP contribution in [-0.4, -0.2) is 23.3 Å². The van der Waals surface area contributed by atoms with E-state index in [4.69, 9.17) is 4.74 Å². The highest BCUT2D eigenvalue weighted by molar-refractivity contribution is 5.89. The smallest absolute Gasteiger partial charge is 0.319 e. The van der Waals surface area contributed by atoms with Gasteiger partial charge in [0.1, 0.15) is 5.75 Å². The minimum atomic E-state index is -0.282. The standard InChI is InChI=1S/C13H16N4O2/c1-9-11(8-15-17-9)16-13(18)14-7-10-5-3-4-6-12(10)19-2/h3-6,8H,7H2,1-2H3,(H,15,17)(H2,14,16,18). The molecule has 3 N–H and O–H groups in total. The Hall–Kier alpha value is -2.50. The normalized spacial score (nSPS) is 10.0. The van der Waals surface area contributed by atoms with E-state index >= 15 is 0 Å². The van der Waals surface area contributed by atoms with E-state index in [9.17, 15) is 4.79 Å². The molecule has 0 fully saturated rings. The van der Waals surface area contributed by atoms with Crippen molar-refractivity contribution in [1.82, 2.24) is 15.5 Å². The van der Waals surface area contributed by atoms with Crippen LogP contribution in [-0.2, 0) is 6.54 Å². The fourth-order valence-corrected chi connectivity index (χ4v) is 1.67. The highest BCUT2D eigenvalue weighted by Crippen LogP contribution is 2.16. The molecule has 1 aromatic heterocycles. The van der Waals surface area contributed by atoms with Crippen LogP contribution < -0.4 is 15.4 Å². The Morgan fingerprint density at radius 1 is 1.42 bits per heavy atom. The second-order valence-corrected chi connectivity index (χ2v) is 4.03. The van der Waals surface area contributed by atoms with E-state index in [-0.39, 0.29) is 6.03 Å². The van der Waals surface area contributed by atoms with Crippen LogP contribution in [0.25, 0.3) is 0 Å². The van der Waals surface area contributed by atoms with E-state index in [0.29, 0.717) is 12.2 Å². The topological polar surface area (TPSA) is 79.0 Å². The molecule has 0 aliphatic heterocycles. The summed E-state index contributed by atoms with van der Waals surface area (Å²) in [5.74, 6) is 0.752. The Morgan fingerprint density at radius 3 is 2.89 bits per heavy atom. The number of rotatable bonds is 4. The number of H-pyrrole nitrogens is 1. The quantitative estimate of drug-likeness (QED) is 0.787. The fraction of sp³-hybridized carbons (Fsp3) is 0.231. The zero-order valence-corrected chi connectivity index (χ0v) is 10.9. The van der Waals surface area contributed by atoms with Crippen molar-refractivity contribution >= 4 is 11.7 Å². The number of aryl methyl sites for hydroxylation is 1. The summed E-state index contributed by atoms with van der Waals surface area (Å²) in [4.78, 5) is 11.7. The molecule has 0 spiro atoms. The minimum absolute atomic E-state index is 0.282. The second-order valence-electron chi connectivity index (χ2n) is 4.03. The van der Waals surface area contributed by atoms with Gasteiger partial charge < -0.3 is 15.4 Å². The van der Waals surface area contributed by atoms with E-state index in [1.54, 1.807) is 13.3 Å². The number of nitrogens with one attached hydrogen (secondary N) is 3. The summed E-state index contributed by atoms with van der Waals surface area (Å²) in [5.41, 5.74) is 2.40. The van der Waals surface area contributed by atoms with Gasteiger partial charge in [-0.15, -0.1) is 0 Å². The van der Waals surface area contributed by atoms with Gasteiger partial charge in [0, 0.05) is 12.1 Å². The molecule has 100 valence electrons. The molecule has 6 nitrogen and oxygen atoms in total. The van der Waals surface area contributed by atoms with E-state index in [1.807, 2.05) is 31.2 Å². The SMILES string of the molecule is COc1ccccc1CNC(=O)Nc1cn[nH]c1C. The molecule has 0 atom stereocenters. The predicted octanol–water partition coefficient (Wildman–Crippen LogP) is 2.05. The number of amides is 2. The number of ether oxygens (including phenoxy) is 1. The molecule has 0 aliphatic carbocycles. The van der Waals surface area contributed by atoms with Gasteiger partial charge in [-0.05, 0) is 13.0 Å². The monoisotopic (exact) mass is 260 g/mol. The molecule has 0 saturated carbocycles. The van der Waals surface area contributed by atoms with Gasteiger partial charge in [0.25, 0.3) is 0 Å². The van der Waals surface area contributed by atoms with Crippen molar-refractivity contribution in [3.8, 4) is 5.75 Å². The van der Waals surface area contributed by atoms with Crippen molar-refractivity contribution < 1.29 is 9.53 Å². The lowest BCUT2D eigenvalue weighted by molar-refractivity contribution is 0.251. The second kappa shape index (κ2) is 5.90. The molecular weight excluding hydrogens is 244 g/mol. The lowest BCUT2D eigenvalue weighted by Crippen LogP contribution is -2.28. The van der Waals surface area contributed by atoms with Crippen molar-refractivity contribution in [2.75, 3.05) is 12.4 Å². The van der Waals surface area contributed by atoms with Crippen LogP contribution in [0.5, 0.6) is 5.75 Å². The van der Waals surface area contributed by atoms with Crippen LogP contribution >= 0.6 is 0 Å². The summed E-state index contributed by atoms with van der Waals surface area (Å²) in [6.45, 7) is 2.23. The third kappa shape index (κ3) is 3.25. The van der Waals surface area contributed by atoms with Crippen molar-refractivity contribution in [3.63, 3.8) is 0 Å². The van der Waals surface area contributed by atoms with Gasteiger partial charge in [0.2, 0.25) is 0 Å². The molecule has 0 radical (unpaired) electrons. The Morgan fingerprint density at radius 2 is 2.21 bits per heavy atom. The summed E-state index contributed by atoms with van der Waals surface area (Å²) in [5, 5.41) is 12.1. The van der Waals surface area contributed by atoms with E-state index in [2.05, 4.69) is 20.8 Å². The first kappa shape index (κ1) is 12.9. The van der Waals surface area contributed by atoms with E-state index < -0.39 is 0 Å². The van der Waals surface area contributed by atoms with Crippen molar-refractivity contribution in [3.05, 3.63) is 41.7 Å². The van der Waals surface area contributed by atoms with Crippen LogP contribution in [0.1, 0.15) is 11.3 Å². The Balaban J connectivity index is 1.92. The maximum Gasteiger partial charge on any atom is 0.319 e. The van der Waals surface area contributed by atoms with Crippen LogP contribution in [0.4, 0.5) is 10.5 Å². The summed E-state index contributed by atoms with van der Waals surface area (Å²) in [6, 6.07) is 7.27. The first-order chi connectivity index (χ1) is 9.20. The highest BCUT2D eigenvalue weighted by Gasteiger charge is 2.07. The number of nitrogens with zero attached hydrogens (tertiary/aromatic N) is 1. The van der Waals surface area contributed by atoms with Gasteiger partial charge in [-0.1, -0.05) is 18.2 Å². The van der Waals surface area contributed by atoms with Gasteiger partial charge in [0.15, 0.2) is 0 Å². The number of methoxy groups -OCH3 is 1. The molecule has 2 rings (SSSR count). The van der Waals surface area contributed by atoms with Crippen molar-refractivity contribution in [2.45, 2.75) is 13.5 Å². The van der Waals surface area contributed by atoms with Gasteiger partial charge in [-0.25, -0.2) is 4.79 Å². The molecule has 2 amide bonds. The van der Waals surface area contributed by atoms with Gasteiger partial charge in [-0.2, -0.15) is 5.10 Å². The number of aromatic nitrogens is 2. The Labute approximate surface area is 111 Å². The van der Waals surface area contributed by atoms with Crippen molar-refractivity contribution in [1.29, 1.82) is 0 Å². The number of anilines is 1. The third-order valence-corrected chi connectivity index (χ3v) is 2.71. The van der Waals surface area contributed by atoms with Crippen LogP contribution in [0, 0.1) is 6.92 Å². The fourth-order valence-electron chi connectivity index (χ4n) is 1.67. The molecule has 6 heteroatoms. The maximum atomic E-state index is 11.7. The number of hydrogen-bond acceptors (Lipinski definition) is 3. The summed E-state index contributed by atoms with van der Waals surface area (Å²) in [6.07, 6.45) is 1.57. The lowest BCUT2D eigenvalue weighted by atomic mass is 10.2. The molecular formula is C13H16N4O2. The predicted molar refractivity (Wildman–Crippen MR) is 72.2 cm³/mol. The Bertz CT molecular complexity index is 565. The van der Waals surface area contributed by atoms with Crippen LogP contribution in [0.2, 0.25) is 0 Å². The zero-order chi connectivity index (χ0) is 13.7. The van der Waals surface area contributed by atoms with Gasteiger partial charge in [0.05, 0.1) is 24.7 Å². The number of para-hydroxylation sites is 1. The average molecular weight is 260 g/mol. The molecule has 19 heavy (non-hydrogen) atoms. The molecule has 0 saturated heterocycles. The number of aromatic amines is 1. The average Bonchev–Trinajstić information content (AvgIpc) is 2.82. The molecule has 0 bridgehead atoms. The number of benzene rings is 1. The molecule has 1 aromatic carbocycles. The van der Waals surface area contributed by atoms with Crippen LogP contribution in [0.3, 0.4) is 0 Å². The first-order valence-corrected chi connectivity index (χ1v) is 5.87. The van der Waals surface area contributed by atoms with E-state index in [1.165, 1.54) is 0 Å². The maximum absolute atomic E-state index is 11.7. The minimum Gasteiger partial charge on any atom is -0.496 e. The largest absolute Gasteiger partial charge is 0.496 e. The molecule has 0 unspecified atom stereocenters. The number of carbonyl (C=O) groups excluding carboxylic acids is 1. The summed E-state index contributed by atoms with van der Waals surface area (Å²) in [7, 11) is 1.60. The highest BCUT2D eigenvalue weighted by atomic mass is 16.5. The summed E-state index contributed by atoms with van der Waals surface area (Å²) < 4.78 is 5.22. The molecule has 2 aromatic rings. The lowest BCUT2D eigenvalue weighted by Gasteiger charge is -2.10. The van der Waals surface area contributed by atoms with E-state index in [0.717, 1.165) is 17.0 Å². The third-order valence-electron chi connectivity index (χ3n) is 2.71. The molecule has 0 aliphatic rings. The van der Waals surface area contributed by atoms with Gasteiger partial charge >= 0.3 is 6.03 Å². The first-order valence-electron chi connectivity index (χ1n) is 5.87. The zero-order valence-electron chi connectivity index (χ0n) is 10.9. The van der Waals surface area contributed by atoms with Crippen LogP contribution in [0.15, 0.2) is 30.5 Å². The number of carbonyl (C=O) groups is 1. The number of urea groups is 1. The van der Waals surface area contributed by atoms with Gasteiger partial charge in [-0.3, -0.25) is 5.10 Å².